The lowest BCUT2D eigenvalue weighted by atomic mass is 10.1. The van der Waals surface area contributed by atoms with Crippen LogP contribution in [0.3, 0.4) is 0 Å². The van der Waals surface area contributed by atoms with Gasteiger partial charge >= 0.3 is 0 Å². The standard InChI is InChI=1S/C19H15N5O3/c1-27-15-8-2-12(3-9-15)10-17-16(11-20)18(21)23-19(22-17)13-4-6-14(7-5-13)24(25)26/h2-9H,10H2,1H3,(H2,21,22,23). The minimum absolute atomic E-state index is 0.0289. The number of nitro groups is 1. The Kier molecular flexibility index (Phi) is 4.95. The van der Waals surface area contributed by atoms with E-state index in [-0.39, 0.29) is 17.1 Å². The molecule has 0 saturated heterocycles. The van der Waals surface area contributed by atoms with Crippen LogP contribution in [-0.2, 0) is 6.42 Å². The third-order valence-electron chi connectivity index (χ3n) is 3.99. The van der Waals surface area contributed by atoms with E-state index >= 15 is 0 Å². The van der Waals surface area contributed by atoms with E-state index < -0.39 is 4.92 Å². The first-order chi connectivity index (χ1) is 13.0. The van der Waals surface area contributed by atoms with Crippen molar-refractivity contribution in [3.63, 3.8) is 0 Å². The lowest BCUT2D eigenvalue weighted by Gasteiger charge is -2.09. The number of nitrogens with two attached hydrogens (primary N) is 1. The van der Waals surface area contributed by atoms with Gasteiger partial charge in [-0.2, -0.15) is 5.26 Å². The number of nitriles is 1. The number of aromatic nitrogens is 2. The number of benzene rings is 2. The van der Waals surface area contributed by atoms with Crippen LogP contribution in [-0.4, -0.2) is 22.0 Å². The topological polar surface area (TPSA) is 128 Å². The average molecular weight is 361 g/mol. The van der Waals surface area contributed by atoms with Gasteiger partial charge in [0.25, 0.3) is 5.69 Å². The molecule has 8 nitrogen and oxygen atoms in total. The number of nitrogen functional groups attached to an aromatic ring is 1. The van der Waals surface area contributed by atoms with Crippen molar-refractivity contribution >= 4 is 11.5 Å². The third-order valence-corrected chi connectivity index (χ3v) is 3.99. The SMILES string of the molecule is COc1ccc(Cc2nc(-c3ccc([N+](=O)[O-])cc3)nc(N)c2C#N)cc1. The van der Waals surface area contributed by atoms with Gasteiger partial charge in [-0.05, 0) is 29.8 Å². The molecule has 0 aliphatic rings. The number of ether oxygens (including phenoxy) is 1. The van der Waals surface area contributed by atoms with E-state index in [9.17, 15) is 15.4 Å². The van der Waals surface area contributed by atoms with Crippen LogP contribution < -0.4 is 10.5 Å². The van der Waals surface area contributed by atoms with E-state index in [0.29, 0.717) is 23.5 Å². The van der Waals surface area contributed by atoms with Crippen molar-refractivity contribution in [2.75, 3.05) is 12.8 Å². The van der Waals surface area contributed by atoms with Crippen molar-refractivity contribution in [1.82, 2.24) is 9.97 Å². The molecule has 134 valence electrons. The van der Waals surface area contributed by atoms with Gasteiger partial charge in [-0.15, -0.1) is 0 Å². The highest BCUT2D eigenvalue weighted by atomic mass is 16.6. The van der Waals surface area contributed by atoms with E-state index in [1.165, 1.54) is 12.1 Å². The first-order valence-corrected chi connectivity index (χ1v) is 7.96. The predicted molar refractivity (Wildman–Crippen MR) is 99.0 cm³/mol. The highest BCUT2D eigenvalue weighted by Gasteiger charge is 2.15. The van der Waals surface area contributed by atoms with Crippen molar-refractivity contribution in [2.24, 2.45) is 0 Å². The molecule has 0 fully saturated rings. The Labute approximate surface area is 155 Å². The van der Waals surface area contributed by atoms with E-state index in [0.717, 1.165) is 11.3 Å². The lowest BCUT2D eigenvalue weighted by molar-refractivity contribution is -0.384. The first kappa shape index (κ1) is 17.8. The van der Waals surface area contributed by atoms with Crippen LogP contribution >= 0.6 is 0 Å². The van der Waals surface area contributed by atoms with E-state index in [1.807, 2.05) is 30.3 Å². The fourth-order valence-electron chi connectivity index (χ4n) is 2.57. The summed E-state index contributed by atoms with van der Waals surface area (Å²) in [6, 6.07) is 15.3. The lowest BCUT2D eigenvalue weighted by Crippen LogP contribution is -2.06. The zero-order valence-electron chi connectivity index (χ0n) is 14.4. The van der Waals surface area contributed by atoms with Crippen LogP contribution in [0.15, 0.2) is 48.5 Å². The van der Waals surface area contributed by atoms with Crippen molar-refractivity contribution in [2.45, 2.75) is 6.42 Å². The maximum atomic E-state index is 10.8. The van der Waals surface area contributed by atoms with Gasteiger partial charge in [0, 0.05) is 24.1 Å². The van der Waals surface area contributed by atoms with Gasteiger partial charge in [0.05, 0.1) is 17.7 Å². The van der Waals surface area contributed by atoms with Crippen LogP contribution in [0.1, 0.15) is 16.8 Å². The van der Waals surface area contributed by atoms with Gasteiger partial charge in [-0.25, -0.2) is 9.97 Å². The van der Waals surface area contributed by atoms with Crippen molar-refractivity contribution in [3.8, 4) is 23.2 Å². The van der Waals surface area contributed by atoms with Gasteiger partial charge in [0.1, 0.15) is 23.2 Å². The molecular formula is C19H15N5O3. The summed E-state index contributed by atoms with van der Waals surface area (Å²) in [4.78, 5) is 19.0. The molecule has 2 aromatic carbocycles. The maximum absolute atomic E-state index is 10.8. The van der Waals surface area contributed by atoms with E-state index in [1.54, 1.807) is 19.2 Å². The Balaban J connectivity index is 1.99. The number of methoxy groups -OCH3 is 1. The second-order valence-electron chi connectivity index (χ2n) is 5.69. The van der Waals surface area contributed by atoms with Crippen LogP contribution in [0, 0.1) is 21.4 Å². The van der Waals surface area contributed by atoms with Crippen molar-refractivity contribution < 1.29 is 9.66 Å². The monoisotopic (exact) mass is 361 g/mol. The molecule has 0 aliphatic carbocycles. The molecule has 2 N–H and O–H groups in total. The highest BCUT2D eigenvalue weighted by Crippen LogP contribution is 2.24. The summed E-state index contributed by atoms with van der Waals surface area (Å²) >= 11 is 0. The highest BCUT2D eigenvalue weighted by molar-refractivity contribution is 5.62. The average Bonchev–Trinajstić information content (AvgIpc) is 2.68. The van der Waals surface area contributed by atoms with Crippen molar-refractivity contribution in [1.29, 1.82) is 5.26 Å². The Hall–Kier alpha value is -3.99. The van der Waals surface area contributed by atoms with Crippen LogP contribution in [0.4, 0.5) is 11.5 Å². The summed E-state index contributed by atoms with van der Waals surface area (Å²) in [5, 5.41) is 20.2. The minimum atomic E-state index is -0.479. The molecule has 0 spiro atoms. The quantitative estimate of drug-likeness (QED) is 0.546. The van der Waals surface area contributed by atoms with Gasteiger partial charge in [-0.1, -0.05) is 12.1 Å². The Morgan fingerprint density at radius 1 is 1.15 bits per heavy atom. The fraction of sp³-hybridized carbons (Fsp3) is 0.105. The maximum Gasteiger partial charge on any atom is 0.269 e. The van der Waals surface area contributed by atoms with E-state index in [2.05, 4.69) is 9.97 Å². The zero-order valence-corrected chi connectivity index (χ0v) is 14.4. The molecule has 1 heterocycles. The Bertz CT molecular complexity index is 1020. The summed E-state index contributed by atoms with van der Waals surface area (Å²) in [5.74, 6) is 1.11. The molecular weight excluding hydrogens is 346 g/mol. The number of hydrogen-bond acceptors (Lipinski definition) is 7. The molecule has 27 heavy (non-hydrogen) atoms. The molecule has 0 radical (unpaired) electrons. The summed E-state index contributed by atoms with van der Waals surface area (Å²) in [6.07, 6.45) is 0.388. The smallest absolute Gasteiger partial charge is 0.269 e. The number of nitrogens with zero attached hydrogens (tertiary/aromatic N) is 4. The van der Waals surface area contributed by atoms with Crippen LogP contribution in [0.25, 0.3) is 11.4 Å². The normalized spacial score (nSPS) is 10.2. The molecule has 0 unspecified atom stereocenters. The molecule has 3 rings (SSSR count). The van der Waals surface area contributed by atoms with Crippen LogP contribution in [0.5, 0.6) is 5.75 Å². The number of rotatable bonds is 5. The summed E-state index contributed by atoms with van der Waals surface area (Å²) in [6.45, 7) is 0. The number of non-ortho nitro benzene ring substituents is 1. The number of nitro benzene ring substituents is 1. The molecule has 3 aromatic rings. The van der Waals surface area contributed by atoms with Crippen molar-refractivity contribution in [3.05, 3.63) is 75.5 Å². The Morgan fingerprint density at radius 2 is 1.81 bits per heavy atom. The van der Waals surface area contributed by atoms with E-state index in [4.69, 9.17) is 10.5 Å². The molecule has 1 aromatic heterocycles. The molecule has 0 aliphatic heterocycles. The van der Waals surface area contributed by atoms with Gasteiger partial charge in [-0.3, -0.25) is 10.1 Å². The summed E-state index contributed by atoms with van der Waals surface area (Å²) < 4.78 is 5.14. The van der Waals surface area contributed by atoms with Gasteiger partial charge in [0.15, 0.2) is 5.82 Å². The fourth-order valence-corrected chi connectivity index (χ4v) is 2.57. The summed E-state index contributed by atoms with van der Waals surface area (Å²) in [7, 11) is 1.59. The summed E-state index contributed by atoms with van der Waals surface area (Å²) in [5.41, 5.74) is 8.13. The third kappa shape index (κ3) is 3.82. The predicted octanol–water partition coefficient (Wildman–Crippen LogP) is 3.11. The number of hydrogen-bond donors (Lipinski definition) is 1. The van der Waals surface area contributed by atoms with Gasteiger partial charge < -0.3 is 10.5 Å². The molecule has 0 bridgehead atoms. The molecule has 8 heteroatoms. The number of anilines is 1. The zero-order chi connectivity index (χ0) is 19.4. The van der Waals surface area contributed by atoms with Crippen LogP contribution in [0.2, 0.25) is 0 Å². The molecule has 0 amide bonds. The first-order valence-electron chi connectivity index (χ1n) is 7.96. The Morgan fingerprint density at radius 3 is 2.37 bits per heavy atom. The largest absolute Gasteiger partial charge is 0.497 e. The molecule has 0 atom stereocenters. The molecule has 0 saturated carbocycles. The minimum Gasteiger partial charge on any atom is -0.497 e. The second kappa shape index (κ2) is 7.49. The second-order valence-corrected chi connectivity index (χ2v) is 5.69. The van der Waals surface area contributed by atoms with Gasteiger partial charge in [0.2, 0.25) is 0 Å².